The topological polar surface area (TPSA) is 25.2 Å². The minimum Gasteiger partial charge on any atom is -0.392 e. The summed E-state index contributed by atoms with van der Waals surface area (Å²) in [6.45, 7) is 2.86. The highest BCUT2D eigenvalue weighted by molar-refractivity contribution is 6.31. The third-order valence-corrected chi connectivity index (χ3v) is 3.92. The maximum Gasteiger partial charge on any atom is 0.0682 e. The van der Waals surface area contributed by atoms with Crippen LogP contribution in [0, 0.1) is 6.92 Å². The molecule has 0 amide bonds. The molecule has 0 bridgehead atoms. The monoisotopic (exact) mass is 285 g/mol. The van der Waals surface area contributed by atoms with Gasteiger partial charge < -0.3 is 9.67 Å². The summed E-state index contributed by atoms with van der Waals surface area (Å²) in [4.78, 5) is 0. The molecule has 0 atom stereocenters. The predicted molar refractivity (Wildman–Crippen MR) is 83.2 cm³/mol. The number of benzene rings is 2. The number of hydrogen-bond donors (Lipinski definition) is 1. The molecule has 3 aromatic rings. The van der Waals surface area contributed by atoms with E-state index in [-0.39, 0.29) is 6.61 Å². The molecule has 102 valence electrons. The maximum absolute atomic E-state index is 9.18. The first kappa shape index (κ1) is 13.2. The van der Waals surface area contributed by atoms with Gasteiger partial charge in [-0.2, -0.15) is 0 Å². The van der Waals surface area contributed by atoms with Gasteiger partial charge in [-0.1, -0.05) is 29.8 Å². The van der Waals surface area contributed by atoms with Crippen molar-refractivity contribution < 1.29 is 5.11 Å². The Morgan fingerprint density at radius 1 is 1.10 bits per heavy atom. The summed E-state index contributed by atoms with van der Waals surface area (Å²) in [6, 6.07) is 14.2. The number of aliphatic hydroxyl groups excluding tert-OH is 1. The number of aryl methyl sites for hydroxylation is 1. The third kappa shape index (κ3) is 2.45. The molecule has 0 aliphatic heterocycles. The average molecular weight is 286 g/mol. The highest BCUT2D eigenvalue weighted by Crippen LogP contribution is 2.23. The first-order valence-corrected chi connectivity index (χ1v) is 6.99. The first-order valence-electron chi connectivity index (χ1n) is 6.61. The third-order valence-electron chi connectivity index (χ3n) is 3.57. The second-order valence-corrected chi connectivity index (χ2v) is 5.50. The zero-order valence-electron chi connectivity index (χ0n) is 11.3. The smallest absolute Gasteiger partial charge is 0.0682 e. The molecule has 0 fully saturated rings. The molecule has 0 unspecified atom stereocenters. The Bertz CT molecular complexity index is 761. The molecule has 3 heteroatoms. The van der Waals surface area contributed by atoms with Crippen molar-refractivity contribution >= 4 is 22.5 Å². The lowest BCUT2D eigenvalue weighted by molar-refractivity contribution is 0.282. The van der Waals surface area contributed by atoms with Crippen LogP contribution in [0.4, 0.5) is 0 Å². The number of rotatable bonds is 3. The van der Waals surface area contributed by atoms with Crippen LogP contribution in [0.5, 0.6) is 0 Å². The lowest BCUT2D eigenvalue weighted by atomic mass is 10.1. The minimum atomic E-state index is 0.0743. The van der Waals surface area contributed by atoms with Crippen molar-refractivity contribution in [3.63, 3.8) is 0 Å². The van der Waals surface area contributed by atoms with E-state index in [9.17, 15) is 5.11 Å². The van der Waals surface area contributed by atoms with Crippen LogP contribution < -0.4 is 0 Å². The molecule has 2 aromatic carbocycles. The Kier molecular flexibility index (Phi) is 3.51. The molecule has 0 saturated carbocycles. The Morgan fingerprint density at radius 3 is 2.70 bits per heavy atom. The minimum absolute atomic E-state index is 0.0743. The van der Waals surface area contributed by atoms with Crippen LogP contribution in [-0.4, -0.2) is 9.67 Å². The molecule has 0 spiro atoms. The lowest BCUT2D eigenvalue weighted by Crippen LogP contribution is -1.99. The number of nitrogens with zero attached hydrogens (tertiary/aromatic N) is 1. The van der Waals surface area contributed by atoms with Crippen molar-refractivity contribution in [2.75, 3.05) is 0 Å². The Hall–Kier alpha value is -1.77. The number of aromatic nitrogens is 1. The molecule has 0 saturated heterocycles. The van der Waals surface area contributed by atoms with Crippen LogP contribution >= 0.6 is 11.6 Å². The fourth-order valence-corrected chi connectivity index (χ4v) is 2.74. The zero-order chi connectivity index (χ0) is 14.1. The second-order valence-electron chi connectivity index (χ2n) is 5.09. The van der Waals surface area contributed by atoms with Crippen molar-refractivity contribution in [3.05, 3.63) is 70.4 Å². The summed E-state index contributed by atoms with van der Waals surface area (Å²) in [5, 5.41) is 11.1. The van der Waals surface area contributed by atoms with Crippen molar-refractivity contribution in [2.24, 2.45) is 0 Å². The summed E-state index contributed by atoms with van der Waals surface area (Å²) in [7, 11) is 0. The Labute approximate surface area is 123 Å². The predicted octanol–water partition coefficient (Wildman–Crippen LogP) is 4.14. The van der Waals surface area contributed by atoms with Crippen LogP contribution in [0.3, 0.4) is 0 Å². The lowest BCUT2D eigenvalue weighted by Gasteiger charge is -2.09. The van der Waals surface area contributed by atoms with Crippen LogP contribution in [0.25, 0.3) is 10.9 Å². The van der Waals surface area contributed by atoms with Gasteiger partial charge in [-0.3, -0.25) is 0 Å². The fourth-order valence-electron chi connectivity index (χ4n) is 2.45. The van der Waals surface area contributed by atoms with E-state index >= 15 is 0 Å². The zero-order valence-corrected chi connectivity index (χ0v) is 12.1. The van der Waals surface area contributed by atoms with Gasteiger partial charge in [0.05, 0.1) is 6.61 Å². The molecule has 20 heavy (non-hydrogen) atoms. The first-order chi connectivity index (χ1) is 9.67. The van der Waals surface area contributed by atoms with E-state index in [1.165, 1.54) is 5.56 Å². The van der Waals surface area contributed by atoms with Gasteiger partial charge in [-0.15, -0.1) is 0 Å². The normalized spacial score (nSPS) is 11.2. The Balaban J connectivity index is 1.98. The number of fused-ring (bicyclic) bond motifs is 1. The van der Waals surface area contributed by atoms with Crippen molar-refractivity contribution in [1.82, 2.24) is 4.57 Å². The summed E-state index contributed by atoms with van der Waals surface area (Å²) < 4.78 is 2.17. The molecule has 1 heterocycles. The fraction of sp³-hybridized carbons (Fsp3) is 0.176. The summed E-state index contributed by atoms with van der Waals surface area (Å²) in [6.07, 6.45) is 2.06. The molecule has 0 aliphatic carbocycles. The largest absolute Gasteiger partial charge is 0.392 e. The van der Waals surface area contributed by atoms with Crippen LogP contribution in [-0.2, 0) is 13.2 Å². The van der Waals surface area contributed by atoms with E-state index in [2.05, 4.69) is 29.0 Å². The van der Waals surface area contributed by atoms with E-state index in [1.54, 1.807) is 0 Å². The van der Waals surface area contributed by atoms with Gasteiger partial charge in [0.2, 0.25) is 0 Å². The van der Waals surface area contributed by atoms with Gasteiger partial charge in [0.15, 0.2) is 0 Å². The average Bonchev–Trinajstić information content (AvgIpc) is 2.84. The van der Waals surface area contributed by atoms with Crippen LogP contribution in [0.15, 0.2) is 48.7 Å². The quantitative estimate of drug-likeness (QED) is 0.768. The van der Waals surface area contributed by atoms with E-state index in [4.69, 9.17) is 11.6 Å². The van der Waals surface area contributed by atoms with E-state index < -0.39 is 0 Å². The van der Waals surface area contributed by atoms with Crippen LogP contribution in [0.1, 0.15) is 16.7 Å². The molecule has 1 N–H and O–H groups in total. The summed E-state index contributed by atoms with van der Waals surface area (Å²) >= 11 is 6.30. The molecule has 0 aliphatic rings. The maximum atomic E-state index is 9.18. The SMILES string of the molecule is Cc1ccc(Cn2ccc3cc(CO)ccc32)c(Cl)c1. The van der Waals surface area contributed by atoms with Crippen molar-refractivity contribution in [3.8, 4) is 0 Å². The standard InChI is InChI=1S/C17H16ClNO/c1-12-2-4-15(16(18)8-12)10-19-7-6-14-9-13(11-20)3-5-17(14)19/h2-9,20H,10-11H2,1H3. The highest BCUT2D eigenvalue weighted by Gasteiger charge is 2.05. The number of aliphatic hydroxyl groups is 1. The van der Waals surface area contributed by atoms with Gasteiger partial charge in [-0.25, -0.2) is 0 Å². The number of hydrogen-bond acceptors (Lipinski definition) is 1. The molecule has 1 aromatic heterocycles. The van der Waals surface area contributed by atoms with Gasteiger partial charge in [0, 0.05) is 23.3 Å². The summed E-state index contributed by atoms with van der Waals surface area (Å²) in [5.74, 6) is 0. The molecule has 2 nitrogen and oxygen atoms in total. The number of halogens is 1. The molecule has 0 radical (unpaired) electrons. The van der Waals surface area contributed by atoms with Gasteiger partial charge in [0.1, 0.15) is 0 Å². The van der Waals surface area contributed by atoms with Gasteiger partial charge in [-0.05, 0) is 53.3 Å². The van der Waals surface area contributed by atoms with Crippen LogP contribution in [0.2, 0.25) is 5.02 Å². The molecule has 3 rings (SSSR count). The van der Waals surface area contributed by atoms with Gasteiger partial charge in [0.25, 0.3) is 0 Å². The van der Waals surface area contributed by atoms with E-state index in [1.807, 2.05) is 31.2 Å². The van der Waals surface area contributed by atoms with Gasteiger partial charge >= 0.3 is 0 Å². The van der Waals surface area contributed by atoms with Crippen molar-refractivity contribution in [1.29, 1.82) is 0 Å². The molecular weight excluding hydrogens is 270 g/mol. The molecular formula is C17H16ClNO. The van der Waals surface area contributed by atoms with E-state index in [0.29, 0.717) is 0 Å². The Morgan fingerprint density at radius 2 is 1.95 bits per heavy atom. The van der Waals surface area contributed by atoms with E-state index in [0.717, 1.165) is 33.6 Å². The van der Waals surface area contributed by atoms with Crippen molar-refractivity contribution in [2.45, 2.75) is 20.1 Å². The second kappa shape index (κ2) is 5.31. The highest BCUT2D eigenvalue weighted by atomic mass is 35.5. The summed E-state index contributed by atoms with van der Waals surface area (Å²) in [5.41, 5.74) is 4.37.